The van der Waals surface area contributed by atoms with Crippen molar-refractivity contribution in [2.45, 2.75) is 58.5 Å². The van der Waals surface area contributed by atoms with E-state index in [0.29, 0.717) is 16.7 Å². The zero-order chi connectivity index (χ0) is 22.9. The van der Waals surface area contributed by atoms with Crippen LogP contribution in [0.1, 0.15) is 66.1 Å². The Hall–Kier alpha value is -2.93. The Morgan fingerprint density at radius 2 is 1.59 bits per heavy atom. The van der Waals surface area contributed by atoms with Crippen LogP contribution < -0.4 is 5.32 Å². The molecule has 0 radical (unpaired) electrons. The monoisotopic (exact) mass is 452 g/mol. The van der Waals surface area contributed by atoms with Gasteiger partial charge in [-0.15, -0.1) is 0 Å². The van der Waals surface area contributed by atoms with E-state index >= 15 is 0 Å². The van der Waals surface area contributed by atoms with Crippen LogP contribution >= 0.6 is 0 Å². The molecule has 1 aliphatic carbocycles. The number of hydrogen-bond donors (Lipinski definition) is 1. The fourth-order valence-corrected chi connectivity index (χ4v) is 6.17. The van der Waals surface area contributed by atoms with Crippen LogP contribution in [-0.4, -0.2) is 30.6 Å². The number of sulfonamides is 1. The highest BCUT2D eigenvalue weighted by molar-refractivity contribution is 7.99. The van der Waals surface area contributed by atoms with Gasteiger partial charge in [-0.1, -0.05) is 61.2 Å². The molecule has 6 nitrogen and oxygen atoms in total. The van der Waals surface area contributed by atoms with Crippen molar-refractivity contribution in [1.29, 1.82) is 0 Å². The third-order valence-electron chi connectivity index (χ3n) is 6.23. The Morgan fingerprint density at radius 1 is 0.969 bits per heavy atom. The number of carbonyl (C=O) groups is 2. The van der Waals surface area contributed by atoms with Gasteiger partial charge >= 0.3 is 0 Å². The second kappa shape index (κ2) is 8.90. The van der Waals surface area contributed by atoms with E-state index in [0.717, 1.165) is 35.6 Å². The molecule has 0 bridgehead atoms. The second-order valence-corrected chi connectivity index (χ2v) is 10.4. The van der Waals surface area contributed by atoms with Crippen molar-refractivity contribution in [3.05, 3.63) is 76.4 Å². The van der Waals surface area contributed by atoms with Gasteiger partial charge < -0.3 is 5.32 Å². The van der Waals surface area contributed by atoms with Gasteiger partial charge in [-0.25, -0.2) is 12.7 Å². The standard InChI is InChI=1S/C25H28N2O4S/c1-17-8-12-20(13-9-17)23-18(2)25(29)27(32(23,30)31)16-19-10-14-21(15-11-19)24(28)26-22-6-4-3-5-7-22/h8-15,22H,3-7,16H2,1-2H3,(H,26,28). The first-order chi connectivity index (χ1) is 15.3. The van der Waals surface area contributed by atoms with Crippen LogP contribution in [0.5, 0.6) is 0 Å². The predicted octanol–water partition coefficient (Wildman–Crippen LogP) is 4.16. The molecule has 1 fully saturated rings. The summed E-state index contributed by atoms with van der Waals surface area (Å²) in [4.78, 5) is 25.4. The molecule has 32 heavy (non-hydrogen) atoms. The van der Waals surface area contributed by atoms with Crippen LogP contribution in [0.15, 0.2) is 54.1 Å². The summed E-state index contributed by atoms with van der Waals surface area (Å²) in [5.74, 6) is -0.632. The highest BCUT2D eigenvalue weighted by Crippen LogP contribution is 2.36. The van der Waals surface area contributed by atoms with E-state index in [-0.39, 0.29) is 29.0 Å². The minimum absolute atomic E-state index is 0.0611. The average Bonchev–Trinajstić information content (AvgIpc) is 2.95. The number of aryl methyl sites for hydroxylation is 1. The lowest BCUT2D eigenvalue weighted by atomic mass is 9.95. The van der Waals surface area contributed by atoms with Crippen LogP contribution in [0.4, 0.5) is 0 Å². The first-order valence-corrected chi connectivity index (χ1v) is 12.5. The van der Waals surface area contributed by atoms with Crippen LogP contribution in [-0.2, 0) is 21.4 Å². The summed E-state index contributed by atoms with van der Waals surface area (Å²) in [6, 6.07) is 14.1. The molecule has 0 atom stereocenters. The van der Waals surface area contributed by atoms with E-state index in [2.05, 4.69) is 5.32 Å². The summed E-state index contributed by atoms with van der Waals surface area (Å²) in [7, 11) is -3.95. The minimum Gasteiger partial charge on any atom is -0.349 e. The summed E-state index contributed by atoms with van der Waals surface area (Å²) in [5.41, 5.74) is 2.92. The lowest BCUT2D eigenvalue weighted by Crippen LogP contribution is -2.36. The molecule has 2 aromatic carbocycles. The molecule has 2 aliphatic rings. The fraction of sp³-hybridized carbons (Fsp3) is 0.360. The minimum atomic E-state index is -3.95. The lowest BCUT2D eigenvalue weighted by Gasteiger charge is -2.22. The first-order valence-electron chi connectivity index (χ1n) is 11.0. The molecule has 4 rings (SSSR count). The van der Waals surface area contributed by atoms with E-state index < -0.39 is 15.9 Å². The molecule has 1 saturated carbocycles. The van der Waals surface area contributed by atoms with Gasteiger partial charge in [-0.3, -0.25) is 9.59 Å². The number of amides is 2. The smallest absolute Gasteiger partial charge is 0.268 e. The highest BCUT2D eigenvalue weighted by atomic mass is 32.2. The highest BCUT2D eigenvalue weighted by Gasteiger charge is 2.42. The molecule has 0 aromatic heterocycles. The zero-order valence-electron chi connectivity index (χ0n) is 18.4. The second-order valence-electron chi connectivity index (χ2n) is 8.64. The average molecular weight is 453 g/mol. The summed E-state index contributed by atoms with van der Waals surface area (Å²) in [6.45, 7) is 3.40. The van der Waals surface area contributed by atoms with Gasteiger partial charge in [0.05, 0.1) is 6.54 Å². The Labute approximate surface area is 189 Å². The van der Waals surface area contributed by atoms with Crippen LogP contribution in [0, 0.1) is 6.92 Å². The van der Waals surface area contributed by atoms with Crippen molar-refractivity contribution in [3.8, 4) is 0 Å². The molecule has 7 heteroatoms. The third kappa shape index (κ3) is 4.35. The van der Waals surface area contributed by atoms with Gasteiger partial charge in [-0.2, -0.15) is 0 Å². The van der Waals surface area contributed by atoms with Gasteiger partial charge in [-0.05, 0) is 49.9 Å². The number of rotatable bonds is 5. The van der Waals surface area contributed by atoms with Gasteiger partial charge in [0.15, 0.2) is 0 Å². The van der Waals surface area contributed by atoms with Gasteiger partial charge in [0.2, 0.25) is 0 Å². The maximum absolute atomic E-state index is 13.2. The SMILES string of the molecule is CC1=C(c2ccc(C)cc2)S(=O)(=O)N(Cc2ccc(C(=O)NC3CCCCC3)cc2)C1=O. The van der Waals surface area contributed by atoms with E-state index in [9.17, 15) is 18.0 Å². The molecule has 1 aliphatic heterocycles. The van der Waals surface area contributed by atoms with Crippen molar-refractivity contribution >= 4 is 26.7 Å². The topological polar surface area (TPSA) is 83.6 Å². The van der Waals surface area contributed by atoms with E-state index in [1.165, 1.54) is 6.42 Å². The summed E-state index contributed by atoms with van der Waals surface area (Å²) in [6.07, 6.45) is 5.52. The zero-order valence-corrected chi connectivity index (χ0v) is 19.2. The van der Waals surface area contributed by atoms with Crippen molar-refractivity contribution < 1.29 is 18.0 Å². The molecule has 1 N–H and O–H groups in total. The Balaban J connectivity index is 1.49. The Bertz CT molecular complexity index is 1160. The molecule has 168 valence electrons. The van der Waals surface area contributed by atoms with E-state index in [1.807, 2.05) is 19.1 Å². The Kier molecular flexibility index (Phi) is 6.20. The Morgan fingerprint density at radius 3 is 2.22 bits per heavy atom. The maximum Gasteiger partial charge on any atom is 0.268 e. The summed E-state index contributed by atoms with van der Waals surface area (Å²) >= 11 is 0. The van der Waals surface area contributed by atoms with Crippen LogP contribution in [0.25, 0.3) is 4.91 Å². The summed E-state index contributed by atoms with van der Waals surface area (Å²) in [5, 5.41) is 3.08. The number of hydrogen-bond acceptors (Lipinski definition) is 4. The molecule has 0 unspecified atom stereocenters. The number of nitrogens with one attached hydrogen (secondary N) is 1. The molecule has 0 saturated heterocycles. The third-order valence-corrected chi connectivity index (χ3v) is 8.17. The van der Waals surface area contributed by atoms with Crippen molar-refractivity contribution in [2.24, 2.45) is 0 Å². The molecular formula is C25H28N2O4S. The van der Waals surface area contributed by atoms with Gasteiger partial charge in [0.25, 0.3) is 21.8 Å². The first kappa shape index (κ1) is 22.3. The van der Waals surface area contributed by atoms with Crippen molar-refractivity contribution in [1.82, 2.24) is 9.62 Å². The van der Waals surface area contributed by atoms with Gasteiger partial charge in [0.1, 0.15) is 4.91 Å². The lowest BCUT2D eigenvalue weighted by molar-refractivity contribution is -0.122. The number of nitrogens with zero attached hydrogens (tertiary/aromatic N) is 1. The molecule has 2 aromatic rings. The fourth-order valence-electron chi connectivity index (χ4n) is 4.37. The number of benzene rings is 2. The van der Waals surface area contributed by atoms with Crippen molar-refractivity contribution in [3.63, 3.8) is 0 Å². The predicted molar refractivity (Wildman–Crippen MR) is 124 cm³/mol. The largest absolute Gasteiger partial charge is 0.349 e. The molecular weight excluding hydrogens is 424 g/mol. The van der Waals surface area contributed by atoms with Crippen LogP contribution in [0.2, 0.25) is 0 Å². The molecule has 2 amide bonds. The quantitative estimate of drug-likeness (QED) is 0.738. The van der Waals surface area contributed by atoms with Gasteiger partial charge in [0, 0.05) is 17.2 Å². The molecule has 1 heterocycles. The van der Waals surface area contributed by atoms with E-state index in [4.69, 9.17) is 0 Å². The number of carbonyl (C=O) groups excluding carboxylic acids is 2. The van der Waals surface area contributed by atoms with Crippen molar-refractivity contribution in [2.75, 3.05) is 0 Å². The summed E-state index contributed by atoms with van der Waals surface area (Å²) < 4.78 is 27.3. The van der Waals surface area contributed by atoms with Crippen LogP contribution in [0.3, 0.4) is 0 Å². The molecule has 0 spiro atoms. The maximum atomic E-state index is 13.2. The van der Waals surface area contributed by atoms with E-state index in [1.54, 1.807) is 43.3 Å². The normalized spacial score (nSPS) is 18.8.